The second kappa shape index (κ2) is 5.06. The summed E-state index contributed by atoms with van der Waals surface area (Å²) in [5.74, 6) is 1.07. The smallest absolute Gasteiger partial charge is 0.110 e. The minimum absolute atomic E-state index is 0.820. The fourth-order valence-electron chi connectivity index (χ4n) is 2.09. The molecular weight excluding hydrogens is 238 g/mol. The lowest BCUT2D eigenvalue weighted by Crippen LogP contribution is -2.09. The van der Waals surface area contributed by atoms with Gasteiger partial charge in [0.05, 0.1) is 17.4 Å². The monoisotopic (exact) mass is 253 g/mol. The second-order valence-corrected chi connectivity index (χ2v) is 4.41. The number of fused-ring (bicyclic) bond motifs is 1. The molecule has 2 aromatic heterocycles. The lowest BCUT2D eigenvalue weighted by Gasteiger charge is -2.08. The molecular formula is C14H15N5. The first-order valence-electron chi connectivity index (χ1n) is 6.25. The molecule has 1 N–H and O–H groups in total. The quantitative estimate of drug-likeness (QED) is 0.773. The van der Waals surface area contributed by atoms with E-state index in [1.165, 1.54) is 0 Å². The highest BCUT2D eigenvalue weighted by Gasteiger charge is 2.03. The van der Waals surface area contributed by atoms with Gasteiger partial charge in [0.25, 0.3) is 0 Å². The molecule has 0 aliphatic rings. The Hall–Kier alpha value is -2.43. The Morgan fingerprint density at radius 2 is 2.16 bits per heavy atom. The lowest BCUT2D eigenvalue weighted by atomic mass is 10.2. The Balaban J connectivity index is 1.74. The summed E-state index contributed by atoms with van der Waals surface area (Å²) in [6, 6.07) is 7.99. The van der Waals surface area contributed by atoms with Crippen molar-refractivity contribution in [3.8, 4) is 0 Å². The van der Waals surface area contributed by atoms with Crippen molar-refractivity contribution in [2.45, 2.75) is 6.42 Å². The number of hydrogen-bond acceptors (Lipinski definition) is 4. The molecule has 0 atom stereocenters. The van der Waals surface area contributed by atoms with E-state index in [1.54, 1.807) is 6.20 Å². The van der Waals surface area contributed by atoms with Crippen LogP contribution >= 0.6 is 0 Å². The molecule has 0 saturated carbocycles. The molecule has 0 unspecified atom stereocenters. The van der Waals surface area contributed by atoms with Gasteiger partial charge in [-0.1, -0.05) is 18.2 Å². The van der Waals surface area contributed by atoms with Crippen LogP contribution in [0, 0.1) is 0 Å². The van der Waals surface area contributed by atoms with Gasteiger partial charge in [-0.2, -0.15) is 10.2 Å². The van der Waals surface area contributed by atoms with Gasteiger partial charge in [-0.05, 0) is 6.07 Å². The van der Waals surface area contributed by atoms with Gasteiger partial charge in [0.15, 0.2) is 0 Å². The predicted molar refractivity (Wildman–Crippen MR) is 74.9 cm³/mol. The predicted octanol–water partition coefficient (Wildman–Crippen LogP) is 2.02. The number of rotatable bonds is 4. The number of benzene rings is 1. The average molecular weight is 253 g/mol. The summed E-state index contributed by atoms with van der Waals surface area (Å²) < 4.78 is 2.03. The summed E-state index contributed by atoms with van der Waals surface area (Å²) in [5.41, 5.74) is 1.92. The van der Waals surface area contributed by atoms with E-state index in [4.69, 9.17) is 0 Å². The van der Waals surface area contributed by atoms with E-state index in [1.807, 2.05) is 48.3 Å². The number of aromatic nitrogens is 4. The van der Waals surface area contributed by atoms with E-state index in [9.17, 15) is 0 Å². The number of aryl methyl sites for hydroxylation is 1. The van der Waals surface area contributed by atoms with E-state index >= 15 is 0 Å². The van der Waals surface area contributed by atoms with Crippen molar-refractivity contribution >= 4 is 16.6 Å². The Morgan fingerprint density at radius 1 is 1.26 bits per heavy atom. The van der Waals surface area contributed by atoms with E-state index in [0.29, 0.717) is 0 Å². The largest absolute Gasteiger partial charge is 0.383 e. The molecule has 96 valence electrons. The highest BCUT2D eigenvalue weighted by atomic mass is 15.1. The van der Waals surface area contributed by atoms with Crippen molar-refractivity contribution in [1.82, 2.24) is 19.7 Å². The van der Waals surface area contributed by atoms with Crippen molar-refractivity contribution in [3.63, 3.8) is 0 Å². The normalized spacial score (nSPS) is 10.8. The number of nitrogens with one attached hydrogen (secondary N) is 1. The van der Waals surface area contributed by atoms with E-state index in [0.717, 1.165) is 35.4 Å². The maximum absolute atomic E-state index is 4.30. The average Bonchev–Trinajstić information content (AvgIpc) is 2.85. The van der Waals surface area contributed by atoms with Crippen molar-refractivity contribution < 1.29 is 0 Å². The van der Waals surface area contributed by atoms with Gasteiger partial charge in [-0.25, -0.2) is 4.98 Å². The van der Waals surface area contributed by atoms with Crippen LogP contribution in [0.15, 0.2) is 42.9 Å². The molecule has 0 aliphatic carbocycles. The van der Waals surface area contributed by atoms with E-state index < -0.39 is 0 Å². The number of imidazole rings is 1. The summed E-state index contributed by atoms with van der Waals surface area (Å²) >= 11 is 0. The highest BCUT2D eigenvalue weighted by Crippen LogP contribution is 2.19. The van der Waals surface area contributed by atoms with E-state index in [-0.39, 0.29) is 0 Å². The van der Waals surface area contributed by atoms with Crippen molar-refractivity contribution in [2.75, 3.05) is 11.9 Å². The first-order valence-corrected chi connectivity index (χ1v) is 6.25. The third-order valence-electron chi connectivity index (χ3n) is 3.13. The number of nitrogens with zero attached hydrogens (tertiary/aromatic N) is 4. The third-order valence-corrected chi connectivity index (χ3v) is 3.13. The van der Waals surface area contributed by atoms with Crippen molar-refractivity contribution in [1.29, 1.82) is 0 Å². The van der Waals surface area contributed by atoms with Crippen LogP contribution in [0.5, 0.6) is 0 Å². The van der Waals surface area contributed by atoms with Crippen molar-refractivity contribution in [3.05, 3.63) is 48.7 Å². The lowest BCUT2D eigenvalue weighted by molar-refractivity contribution is 0.789. The highest BCUT2D eigenvalue weighted by molar-refractivity contribution is 5.90. The molecule has 0 saturated heterocycles. The zero-order chi connectivity index (χ0) is 13.1. The second-order valence-electron chi connectivity index (χ2n) is 4.41. The Morgan fingerprint density at radius 3 is 3.00 bits per heavy atom. The molecule has 2 heterocycles. The van der Waals surface area contributed by atoms with Gasteiger partial charge >= 0.3 is 0 Å². The third kappa shape index (κ3) is 2.40. The van der Waals surface area contributed by atoms with Gasteiger partial charge in [-0.3, -0.25) is 0 Å². The Labute approximate surface area is 111 Å². The summed E-state index contributed by atoms with van der Waals surface area (Å²) in [5, 5.41) is 12.6. The molecule has 1 aromatic carbocycles. The minimum atomic E-state index is 0.820. The molecule has 0 amide bonds. The SMILES string of the molecule is Cn1ccnc1CCNc1cnnc2ccccc12. The van der Waals surface area contributed by atoms with Crippen LogP contribution in [0.3, 0.4) is 0 Å². The van der Waals surface area contributed by atoms with Crippen LogP contribution in [0.25, 0.3) is 10.9 Å². The fourth-order valence-corrected chi connectivity index (χ4v) is 2.09. The number of hydrogen-bond donors (Lipinski definition) is 1. The molecule has 19 heavy (non-hydrogen) atoms. The minimum Gasteiger partial charge on any atom is -0.383 e. The Bertz CT molecular complexity index is 684. The summed E-state index contributed by atoms with van der Waals surface area (Å²) in [7, 11) is 2.01. The van der Waals surface area contributed by atoms with Crippen LogP contribution in [0.2, 0.25) is 0 Å². The summed E-state index contributed by atoms with van der Waals surface area (Å²) in [6.07, 6.45) is 6.42. The van der Waals surface area contributed by atoms with Gasteiger partial charge in [0.1, 0.15) is 5.82 Å². The van der Waals surface area contributed by atoms with Crippen LogP contribution in [-0.4, -0.2) is 26.3 Å². The molecule has 0 bridgehead atoms. The van der Waals surface area contributed by atoms with Gasteiger partial charge in [-0.15, -0.1) is 0 Å². The van der Waals surface area contributed by atoms with Gasteiger partial charge < -0.3 is 9.88 Å². The summed E-state index contributed by atoms with van der Waals surface area (Å²) in [6.45, 7) is 0.820. The maximum Gasteiger partial charge on any atom is 0.110 e. The van der Waals surface area contributed by atoms with Crippen LogP contribution < -0.4 is 5.32 Å². The fraction of sp³-hybridized carbons (Fsp3) is 0.214. The standard InChI is InChI=1S/C14H15N5/c1-19-9-8-16-14(19)6-7-15-13-10-17-18-12-5-3-2-4-11(12)13/h2-5,8-10H,6-7H2,1H3,(H,15,18). The van der Waals surface area contributed by atoms with E-state index in [2.05, 4.69) is 20.5 Å². The molecule has 5 heteroatoms. The first kappa shape index (κ1) is 11.6. The van der Waals surface area contributed by atoms with Gasteiger partial charge in [0, 0.05) is 37.8 Å². The molecule has 5 nitrogen and oxygen atoms in total. The van der Waals surface area contributed by atoms with Gasteiger partial charge in [0.2, 0.25) is 0 Å². The molecule has 0 aliphatic heterocycles. The van der Waals surface area contributed by atoms with Crippen LogP contribution in [-0.2, 0) is 13.5 Å². The zero-order valence-electron chi connectivity index (χ0n) is 10.7. The van der Waals surface area contributed by atoms with Crippen LogP contribution in [0.4, 0.5) is 5.69 Å². The maximum atomic E-state index is 4.30. The topological polar surface area (TPSA) is 55.6 Å². The molecule has 0 spiro atoms. The van der Waals surface area contributed by atoms with Crippen LogP contribution in [0.1, 0.15) is 5.82 Å². The molecule has 0 fully saturated rings. The molecule has 0 radical (unpaired) electrons. The van der Waals surface area contributed by atoms with Crippen molar-refractivity contribution in [2.24, 2.45) is 7.05 Å². The zero-order valence-corrected chi connectivity index (χ0v) is 10.7. The molecule has 3 aromatic rings. The Kier molecular flexibility index (Phi) is 3.10. The molecule has 3 rings (SSSR count). The number of anilines is 1. The summed E-state index contributed by atoms with van der Waals surface area (Å²) in [4.78, 5) is 4.30. The first-order chi connectivity index (χ1) is 9.34.